The first-order valence-corrected chi connectivity index (χ1v) is 9.77. The number of hydrogen-bond acceptors (Lipinski definition) is 6. The minimum absolute atomic E-state index is 0.0862. The monoisotopic (exact) mass is 392 g/mol. The quantitative estimate of drug-likeness (QED) is 0.593. The molecule has 0 spiro atoms. The van der Waals surface area contributed by atoms with Crippen LogP contribution in [-0.4, -0.2) is 30.5 Å². The van der Waals surface area contributed by atoms with E-state index in [1.54, 1.807) is 17.0 Å². The van der Waals surface area contributed by atoms with Crippen LogP contribution in [0.5, 0.6) is 0 Å². The van der Waals surface area contributed by atoms with E-state index < -0.39 is 5.41 Å². The van der Waals surface area contributed by atoms with E-state index in [2.05, 4.69) is 21.4 Å². The van der Waals surface area contributed by atoms with Gasteiger partial charge < -0.3 is 4.74 Å². The van der Waals surface area contributed by atoms with Crippen LogP contribution in [0.2, 0.25) is 0 Å². The zero-order chi connectivity index (χ0) is 20.6. The molecule has 0 aliphatic heterocycles. The summed E-state index contributed by atoms with van der Waals surface area (Å²) in [7, 11) is 0. The summed E-state index contributed by atoms with van der Waals surface area (Å²) in [5, 5.41) is 22.9. The second-order valence-corrected chi connectivity index (χ2v) is 8.57. The molecule has 0 aromatic carbocycles. The van der Waals surface area contributed by atoms with E-state index in [-0.39, 0.29) is 18.7 Å². The van der Waals surface area contributed by atoms with Gasteiger partial charge in [0.15, 0.2) is 12.4 Å². The number of aromatic nitrogens is 5. The van der Waals surface area contributed by atoms with Gasteiger partial charge in [-0.2, -0.15) is 15.5 Å². The SMILES string of the molecule is CC(C)(C)C(=O)OCn1ccc2c(-c3cnn(C(CC#N)C4CC4)c3)cnnc21. The van der Waals surface area contributed by atoms with Crippen LogP contribution >= 0.6 is 0 Å². The van der Waals surface area contributed by atoms with E-state index in [4.69, 9.17) is 10.00 Å². The molecule has 1 fully saturated rings. The van der Waals surface area contributed by atoms with Crippen LogP contribution in [0.15, 0.2) is 30.9 Å². The number of fused-ring (bicyclic) bond motifs is 1. The summed E-state index contributed by atoms with van der Waals surface area (Å²) >= 11 is 0. The summed E-state index contributed by atoms with van der Waals surface area (Å²) in [5.41, 5.74) is 1.93. The predicted octanol–water partition coefficient (Wildman–Crippen LogP) is 3.71. The van der Waals surface area contributed by atoms with Gasteiger partial charge in [-0.05, 0) is 45.6 Å². The van der Waals surface area contributed by atoms with E-state index in [9.17, 15) is 4.79 Å². The fourth-order valence-electron chi connectivity index (χ4n) is 3.38. The van der Waals surface area contributed by atoms with Gasteiger partial charge in [0.05, 0.1) is 36.3 Å². The van der Waals surface area contributed by atoms with Gasteiger partial charge in [0.25, 0.3) is 0 Å². The zero-order valence-corrected chi connectivity index (χ0v) is 16.9. The van der Waals surface area contributed by atoms with Gasteiger partial charge in [0.1, 0.15) is 0 Å². The molecule has 150 valence electrons. The Morgan fingerprint density at radius 3 is 2.86 bits per heavy atom. The smallest absolute Gasteiger partial charge is 0.312 e. The van der Waals surface area contributed by atoms with Gasteiger partial charge >= 0.3 is 5.97 Å². The molecular weight excluding hydrogens is 368 g/mol. The molecule has 0 bridgehead atoms. The Morgan fingerprint density at radius 2 is 2.17 bits per heavy atom. The van der Waals surface area contributed by atoms with E-state index in [0.29, 0.717) is 18.0 Å². The number of carbonyl (C=O) groups is 1. The van der Waals surface area contributed by atoms with Crippen LogP contribution in [0.4, 0.5) is 0 Å². The summed E-state index contributed by atoms with van der Waals surface area (Å²) < 4.78 is 9.08. The van der Waals surface area contributed by atoms with Crippen molar-refractivity contribution in [1.82, 2.24) is 24.5 Å². The van der Waals surface area contributed by atoms with Crippen LogP contribution in [0.25, 0.3) is 22.2 Å². The highest BCUT2D eigenvalue weighted by Gasteiger charge is 2.33. The molecule has 0 N–H and O–H groups in total. The van der Waals surface area contributed by atoms with Crippen molar-refractivity contribution in [3.8, 4) is 17.2 Å². The minimum atomic E-state index is -0.560. The lowest BCUT2D eigenvalue weighted by molar-refractivity contribution is -0.156. The Labute approximate surface area is 169 Å². The number of nitriles is 1. The Hall–Kier alpha value is -3.21. The molecule has 1 unspecified atom stereocenters. The molecular formula is C21H24N6O2. The van der Waals surface area contributed by atoms with Crippen LogP contribution in [-0.2, 0) is 16.3 Å². The number of carbonyl (C=O) groups excluding carboxylic acids is 1. The molecule has 3 aromatic rings. The third-order valence-electron chi connectivity index (χ3n) is 5.23. The van der Waals surface area contributed by atoms with Crippen molar-refractivity contribution >= 4 is 17.0 Å². The van der Waals surface area contributed by atoms with Gasteiger partial charge in [-0.25, -0.2) is 0 Å². The first-order valence-electron chi connectivity index (χ1n) is 9.77. The Morgan fingerprint density at radius 1 is 1.38 bits per heavy atom. The fraction of sp³-hybridized carbons (Fsp3) is 0.476. The third-order valence-corrected chi connectivity index (χ3v) is 5.23. The molecule has 0 radical (unpaired) electrons. The summed E-state index contributed by atoms with van der Waals surface area (Å²) in [4.78, 5) is 12.1. The van der Waals surface area contributed by atoms with E-state index >= 15 is 0 Å². The molecule has 8 nitrogen and oxygen atoms in total. The lowest BCUT2D eigenvalue weighted by Crippen LogP contribution is -2.23. The third kappa shape index (κ3) is 3.86. The average molecular weight is 392 g/mol. The predicted molar refractivity (Wildman–Crippen MR) is 106 cm³/mol. The molecule has 8 heteroatoms. The molecule has 0 saturated heterocycles. The zero-order valence-electron chi connectivity index (χ0n) is 16.9. The normalized spacial score (nSPS) is 15.2. The van der Waals surface area contributed by atoms with Crippen molar-refractivity contribution in [2.75, 3.05) is 0 Å². The lowest BCUT2D eigenvalue weighted by atomic mass is 9.98. The molecule has 0 amide bonds. The highest BCUT2D eigenvalue weighted by atomic mass is 16.5. The standard InChI is InChI=1S/C21H24N6O2/c1-21(2,3)20(28)29-13-26-9-7-16-17(11-23-25-19(16)26)15-10-24-27(12-15)18(6-8-22)14-4-5-14/h7,9-12,14,18H,4-6,13H2,1-3H3. The minimum Gasteiger partial charge on any atom is -0.443 e. The van der Waals surface area contributed by atoms with Gasteiger partial charge in [-0.1, -0.05) is 0 Å². The number of nitrogens with zero attached hydrogens (tertiary/aromatic N) is 6. The van der Waals surface area contributed by atoms with E-state index in [1.165, 1.54) is 0 Å². The molecule has 1 saturated carbocycles. The van der Waals surface area contributed by atoms with Gasteiger partial charge in [0.2, 0.25) is 0 Å². The van der Waals surface area contributed by atoms with Crippen LogP contribution in [0, 0.1) is 22.7 Å². The maximum atomic E-state index is 12.1. The first-order chi connectivity index (χ1) is 13.9. The maximum Gasteiger partial charge on any atom is 0.312 e. The molecule has 3 aromatic heterocycles. The van der Waals surface area contributed by atoms with E-state index in [0.717, 1.165) is 29.4 Å². The van der Waals surface area contributed by atoms with Crippen molar-refractivity contribution in [2.45, 2.75) is 52.8 Å². The second kappa shape index (κ2) is 7.32. The van der Waals surface area contributed by atoms with Crippen molar-refractivity contribution in [1.29, 1.82) is 5.26 Å². The van der Waals surface area contributed by atoms with Crippen LogP contribution in [0.3, 0.4) is 0 Å². The molecule has 4 rings (SSSR count). The molecule has 1 aliphatic rings. The number of ether oxygens (including phenoxy) is 1. The molecule has 3 heterocycles. The summed E-state index contributed by atoms with van der Waals surface area (Å²) in [5.74, 6) is 0.268. The van der Waals surface area contributed by atoms with E-state index in [1.807, 2.05) is 43.9 Å². The number of hydrogen-bond donors (Lipinski definition) is 0. The Bertz CT molecular complexity index is 1080. The van der Waals surface area contributed by atoms with Crippen molar-refractivity contribution in [3.05, 3.63) is 30.9 Å². The molecule has 29 heavy (non-hydrogen) atoms. The summed E-state index contributed by atoms with van der Waals surface area (Å²) in [6.07, 6.45) is 10.1. The highest BCUT2D eigenvalue weighted by molar-refractivity contribution is 5.92. The van der Waals surface area contributed by atoms with Crippen molar-refractivity contribution in [2.24, 2.45) is 11.3 Å². The van der Waals surface area contributed by atoms with Gasteiger partial charge in [-0.15, -0.1) is 5.10 Å². The van der Waals surface area contributed by atoms with Crippen LogP contribution in [0.1, 0.15) is 46.1 Å². The summed E-state index contributed by atoms with van der Waals surface area (Å²) in [6.45, 7) is 5.54. The van der Waals surface area contributed by atoms with Crippen molar-refractivity contribution in [3.63, 3.8) is 0 Å². The number of esters is 1. The lowest BCUT2D eigenvalue weighted by Gasteiger charge is -2.16. The van der Waals surface area contributed by atoms with Gasteiger partial charge in [-0.3, -0.25) is 14.0 Å². The average Bonchev–Trinajstić information content (AvgIpc) is 3.25. The summed E-state index contributed by atoms with van der Waals surface area (Å²) in [6, 6.07) is 4.34. The first kappa shape index (κ1) is 19.1. The number of rotatable bonds is 6. The second-order valence-electron chi connectivity index (χ2n) is 8.57. The van der Waals surface area contributed by atoms with Gasteiger partial charge in [0, 0.05) is 28.9 Å². The maximum absolute atomic E-state index is 12.1. The topological polar surface area (TPSA) is 98.6 Å². The molecule has 1 atom stereocenters. The molecule has 1 aliphatic carbocycles. The van der Waals surface area contributed by atoms with Crippen molar-refractivity contribution < 1.29 is 9.53 Å². The Kier molecular flexibility index (Phi) is 4.82. The Balaban J connectivity index is 1.60. The fourth-order valence-corrected chi connectivity index (χ4v) is 3.38. The largest absolute Gasteiger partial charge is 0.443 e. The highest BCUT2D eigenvalue weighted by Crippen LogP contribution is 2.41. The van der Waals surface area contributed by atoms with Crippen LogP contribution < -0.4 is 0 Å².